The number of thiocarbonyl (C=S) groups is 1. The standard InChI is InChI=1S/C11H18N4S/c1-8(10-12-6-7-13-10)14-11(16)15-9-4-2-3-5-9/h6-9H,2-5H2,1H3,(H,12,13)(H2,14,15,16). The second-order valence-electron chi connectivity index (χ2n) is 4.30. The van der Waals surface area contributed by atoms with Gasteiger partial charge in [0.25, 0.3) is 0 Å². The quantitative estimate of drug-likeness (QED) is 0.704. The maximum Gasteiger partial charge on any atom is 0.167 e. The Kier molecular flexibility index (Phi) is 3.77. The summed E-state index contributed by atoms with van der Waals surface area (Å²) in [5.41, 5.74) is 0. The lowest BCUT2D eigenvalue weighted by Crippen LogP contribution is -2.41. The fourth-order valence-corrected chi connectivity index (χ4v) is 2.42. The topological polar surface area (TPSA) is 52.7 Å². The lowest BCUT2D eigenvalue weighted by molar-refractivity contribution is 0.597. The Balaban J connectivity index is 1.78. The zero-order valence-corrected chi connectivity index (χ0v) is 10.3. The predicted molar refractivity (Wildman–Crippen MR) is 68.1 cm³/mol. The molecule has 0 aliphatic heterocycles. The van der Waals surface area contributed by atoms with Gasteiger partial charge in [0.1, 0.15) is 5.82 Å². The molecule has 0 bridgehead atoms. The van der Waals surface area contributed by atoms with Crippen LogP contribution in [0.4, 0.5) is 0 Å². The fraction of sp³-hybridized carbons (Fsp3) is 0.636. The van der Waals surface area contributed by atoms with E-state index in [1.54, 1.807) is 6.20 Å². The number of aromatic amines is 1. The molecule has 0 amide bonds. The Hall–Kier alpha value is -1.10. The van der Waals surface area contributed by atoms with Gasteiger partial charge in [0.2, 0.25) is 0 Å². The average Bonchev–Trinajstić information content (AvgIpc) is 2.88. The number of hydrogen-bond acceptors (Lipinski definition) is 2. The zero-order valence-electron chi connectivity index (χ0n) is 9.49. The first-order chi connectivity index (χ1) is 7.75. The minimum atomic E-state index is 0.122. The second-order valence-corrected chi connectivity index (χ2v) is 4.70. The number of nitrogens with zero attached hydrogens (tertiary/aromatic N) is 1. The van der Waals surface area contributed by atoms with Crippen LogP contribution in [0.25, 0.3) is 0 Å². The molecular formula is C11H18N4S. The van der Waals surface area contributed by atoms with Crippen LogP contribution in [0.15, 0.2) is 12.4 Å². The SMILES string of the molecule is CC(NC(=S)NC1CCCC1)c1ncc[nH]1. The van der Waals surface area contributed by atoms with Crippen molar-refractivity contribution in [3.63, 3.8) is 0 Å². The summed E-state index contributed by atoms with van der Waals surface area (Å²) in [6.45, 7) is 2.04. The summed E-state index contributed by atoms with van der Waals surface area (Å²) < 4.78 is 0. The molecule has 88 valence electrons. The van der Waals surface area contributed by atoms with Gasteiger partial charge in [0.15, 0.2) is 5.11 Å². The molecule has 0 aromatic carbocycles. The van der Waals surface area contributed by atoms with Gasteiger partial charge in [-0.25, -0.2) is 4.98 Å². The molecule has 1 aromatic rings. The smallest absolute Gasteiger partial charge is 0.167 e. The highest BCUT2D eigenvalue weighted by atomic mass is 32.1. The summed E-state index contributed by atoms with van der Waals surface area (Å²) in [6.07, 6.45) is 8.66. The van der Waals surface area contributed by atoms with Crippen LogP contribution in [0.1, 0.15) is 44.5 Å². The molecule has 3 N–H and O–H groups in total. The van der Waals surface area contributed by atoms with Crippen LogP contribution >= 0.6 is 12.2 Å². The molecule has 1 atom stereocenters. The van der Waals surface area contributed by atoms with Gasteiger partial charge in [0, 0.05) is 18.4 Å². The maximum absolute atomic E-state index is 5.28. The van der Waals surface area contributed by atoms with E-state index in [-0.39, 0.29) is 6.04 Å². The maximum atomic E-state index is 5.28. The number of H-pyrrole nitrogens is 1. The highest BCUT2D eigenvalue weighted by Gasteiger charge is 2.16. The molecule has 0 spiro atoms. The number of aromatic nitrogens is 2. The van der Waals surface area contributed by atoms with Gasteiger partial charge < -0.3 is 15.6 Å². The van der Waals surface area contributed by atoms with Crippen LogP contribution < -0.4 is 10.6 Å². The van der Waals surface area contributed by atoms with Crippen LogP contribution in [0.2, 0.25) is 0 Å². The van der Waals surface area contributed by atoms with E-state index in [0.717, 1.165) is 10.9 Å². The van der Waals surface area contributed by atoms with Crippen LogP contribution in [0.3, 0.4) is 0 Å². The van der Waals surface area contributed by atoms with Crippen molar-refractivity contribution in [1.82, 2.24) is 20.6 Å². The Morgan fingerprint density at radius 3 is 2.94 bits per heavy atom. The van der Waals surface area contributed by atoms with Gasteiger partial charge in [0.05, 0.1) is 6.04 Å². The highest BCUT2D eigenvalue weighted by molar-refractivity contribution is 7.80. The molecule has 1 aliphatic carbocycles. The summed E-state index contributed by atoms with van der Waals surface area (Å²) in [5.74, 6) is 0.913. The fourth-order valence-electron chi connectivity index (χ4n) is 2.08. The Morgan fingerprint density at radius 2 is 2.31 bits per heavy atom. The molecule has 5 heteroatoms. The minimum absolute atomic E-state index is 0.122. The molecule has 1 saturated carbocycles. The van der Waals surface area contributed by atoms with E-state index in [1.165, 1.54) is 25.7 Å². The van der Waals surface area contributed by atoms with Crippen LogP contribution in [-0.2, 0) is 0 Å². The van der Waals surface area contributed by atoms with Gasteiger partial charge in [-0.05, 0) is 32.0 Å². The first kappa shape index (κ1) is 11.4. The molecule has 16 heavy (non-hydrogen) atoms. The Labute approximate surface area is 101 Å². The van der Waals surface area contributed by atoms with Crippen molar-refractivity contribution in [2.75, 3.05) is 0 Å². The largest absolute Gasteiger partial charge is 0.360 e. The van der Waals surface area contributed by atoms with Crippen molar-refractivity contribution < 1.29 is 0 Å². The summed E-state index contributed by atoms with van der Waals surface area (Å²) in [4.78, 5) is 7.27. The molecule has 1 aliphatic rings. The van der Waals surface area contributed by atoms with Gasteiger partial charge >= 0.3 is 0 Å². The van der Waals surface area contributed by atoms with Crippen molar-refractivity contribution in [2.24, 2.45) is 0 Å². The first-order valence-electron chi connectivity index (χ1n) is 5.82. The minimum Gasteiger partial charge on any atom is -0.360 e. The number of imidazole rings is 1. The lowest BCUT2D eigenvalue weighted by atomic mass is 10.2. The van der Waals surface area contributed by atoms with E-state index in [9.17, 15) is 0 Å². The third-order valence-corrected chi connectivity index (χ3v) is 3.20. The van der Waals surface area contributed by atoms with Crippen LogP contribution in [0, 0.1) is 0 Å². The van der Waals surface area contributed by atoms with E-state index in [1.807, 2.05) is 13.1 Å². The normalized spacial score (nSPS) is 18.3. The monoisotopic (exact) mass is 238 g/mol. The summed E-state index contributed by atoms with van der Waals surface area (Å²) in [5, 5.41) is 7.32. The molecule has 1 aromatic heterocycles. The average molecular weight is 238 g/mol. The molecule has 1 heterocycles. The summed E-state index contributed by atoms with van der Waals surface area (Å²) >= 11 is 5.28. The van der Waals surface area contributed by atoms with E-state index in [0.29, 0.717) is 6.04 Å². The molecule has 4 nitrogen and oxygen atoms in total. The number of hydrogen-bond donors (Lipinski definition) is 3. The van der Waals surface area contributed by atoms with Crippen LogP contribution in [0.5, 0.6) is 0 Å². The lowest BCUT2D eigenvalue weighted by Gasteiger charge is -2.18. The predicted octanol–water partition coefficient (Wildman–Crippen LogP) is 1.88. The number of rotatable bonds is 3. The van der Waals surface area contributed by atoms with Gasteiger partial charge in [-0.1, -0.05) is 12.8 Å². The Morgan fingerprint density at radius 1 is 1.56 bits per heavy atom. The second kappa shape index (κ2) is 5.30. The van der Waals surface area contributed by atoms with Crippen molar-refractivity contribution >= 4 is 17.3 Å². The van der Waals surface area contributed by atoms with Crippen LogP contribution in [-0.4, -0.2) is 21.1 Å². The van der Waals surface area contributed by atoms with Crippen molar-refractivity contribution in [3.05, 3.63) is 18.2 Å². The highest BCUT2D eigenvalue weighted by Crippen LogP contribution is 2.17. The molecule has 0 radical (unpaired) electrons. The Bertz CT molecular complexity index is 330. The van der Waals surface area contributed by atoms with Crippen molar-refractivity contribution in [3.8, 4) is 0 Å². The van der Waals surface area contributed by atoms with Gasteiger partial charge in [-0.2, -0.15) is 0 Å². The van der Waals surface area contributed by atoms with Gasteiger partial charge in [-0.3, -0.25) is 0 Å². The molecular weight excluding hydrogens is 220 g/mol. The first-order valence-corrected chi connectivity index (χ1v) is 6.23. The number of nitrogens with one attached hydrogen (secondary N) is 3. The van der Waals surface area contributed by atoms with E-state index in [2.05, 4.69) is 20.6 Å². The van der Waals surface area contributed by atoms with E-state index < -0.39 is 0 Å². The summed E-state index contributed by atoms with van der Waals surface area (Å²) in [7, 11) is 0. The molecule has 2 rings (SSSR count). The van der Waals surface area contributed by atoms with E-state index in [4.69, 9.17) is 12.2 Å². The zero-order chi connectivity index (χ0) is 11.4. The molecule has 1 fully saturated rings. The van der Waals surface area contributed by atoms with Gasteiger partial charge in [-0.15, -0.1) is 0 Å². The molecule has 0 saturated heterocycles. The van der Waals surface area contributed by atoms with Crippen molar-refractivity contribution in [1.29, 1.82) is 0 Å². The third-order valence-electron chi connectivity index (χ3n) is 2.97. The third kappa shape index (κ3) is 2.95. The summed E-state index contributed by atoms with van der Waals surface area (Å²) in [6, 6.07) is 0.681. The molecule has 1 unspecified atom stereocenters. The van der Waals surface area contributed by atoms with Crippen molar-refractivity contribution in [2.45, 2.75) is 44.7 Å². The van der Waals surface area contributed by atoms with E-state index >= 15 is 0 Å².